The number of benzene rings is 1. The zero-order valence-electron chi connectivity index (χ0n) is 11.9. The normalized spacial score (nSPS) is 16.2. The van der Waals surface area contributed by atoms with Gasteiger partial charge in [-0.2, -0.15) is 0 Å². The SMILES string of the molecule is CN(C(=O)N1CC(C)(OCC(=O)O)C1)c1ccc(O)cc1. The van der Waals surface area contributed by atoms with Crippen molar-refractivity contribution in [2.45, 2.75) is 12.5 Å². The molecule has 0 bridgehead atoms. The largest absolute Gasteiger partial charge is 0.508 e. The second kappa shape index (κ2) is 5.61. The summed E-state index contributed by atoms with van der Waals surface area (Å²) in [4.78, 5) is 25.8. The molecule has 1 aliphatic heterocycles. The monoisotopic (exact) mass is 294 g/mol. The molecule has 0 spiro atoms. The number of aliphatic carboxylic acids is 1. The predicted octanol–water partition coefficient (Wildman–Crippen LogP) is 1.12. The number of nitrogens with zero attached hydrogens (tertiary/aromatic N) is 2. The van der Waals surface area contributed by atoms with Gasteiger partial charge in [0.2, 0.25) is 0 Å². The van der Waals surface area contributed by atoms with E-state index in [0.717, 1.165) is 0 Å². The van der Waals surface area contributed by atoms with Crippen LogP contribution in [0, 0.1) is 0 Å². The summed E-state index contributed by atoms with van der Waals surface area (Å²) in [5.41, 5.74) is 0.0574. The summed E-state index contributed by atoms with van der Waals surface area (Å²) in [6, 6.07) is 6.11. The summed E-state index contributed by atoms with van der Waals surface area (Å²) in [6.45, 7) is 2.11. The lowest BCUT2D eigenvalue weighted by atomic mass is 9.97. The Morgan fingerprint density at radius 2 is 1.90 bits per heavy atom. The van der Waals surface area contributed by atoms with E-state index in [4.69, 9.17) is 9.84 Å². The van der Waals surface area contributed by atoms with Crippen molar-refractivity contribution in [3.8, 4) is 5.75 Å². The molecule has 21 heavy (non-hydrogen) atoms. The molecule has 2 rings (SSSR count). The van der Waals surface area contributed by atoms with Gasteiger partial charge in [-0.15, -0.1) is 0 Å². The number of hydrogen-bond acceptors (Lipinski definition) is 4. The number of carboxylic acids is 1. The minimum Gasteiger partial charge on any atom is -0.508 e. The van der Waals surface area contributed by atoms with Gasteiger partial charge >= 0.3 is 12.0 Å². The van der Waals surface area contributed by atoms with E-state index < -0.39 is 11.6 Å². The highest BCUT2D eigenvalue weighted by Gasteiger charge is 2.43. The highest BCUT2D eigenvalue weighted by atomic mass is 16.5. The predicted molar refractivity (Wildman–Crippen MR) is 75.5 cm³/mol. The number of carbonyl (C=O) groups is 2. The first kappa shape index (κ1) is 15.1. The van der Waals surface area contributed by atoms with Crippen molar-refractivity contribution in [1.82, 2.24) is 4.90 Å². The summed E-state index contributed by atoms with van der Waals surface area (Å²) in [5.74, 6) is -0.889. The van der Waals surface area contributed by atoms with Gasteiger partial charge in [-0.25, -0.2) is 9.59 Å². The van der Waals surface area contributed by atoms with Crippen LogP contribution in [0.5, 0.6) is 5.75 Å². The second-order valence-corrected chi connectivity index (χ2v) is 5.35. The molecule has 1 aliphatic rings. The average Bonchev–Trinajstić information content (AvgIpc) is 2.41. The molecule has 1 aromatic rings. The van der Waals surface area contributed by atoms with Crippen LogP contribution in [-0.2, 0) is 9.53 Å². The molecule has 1 fully saturated rings. The maximum Gasteiger partial charge on any atom is 0.329 e. The quantitative estimate of drug-likeness (QED) is 0.868. The second-order valence-electron chi connectivity index (χ2n) is 5.35. The van der Waals surface area contributed by atoms with Crippen LogP contribution in [-0.4, -0.2) is 59.5 Å². The number of likely N-dealkylation sites (tertiary alicyclic amines) is 1. The molecule has 2 N–H and O–H groups in total. The van der Waals surface area contributed by atoms with Gasteiger partial charge in [-0.05, 0) is 31.2 Å². The van der Waals surface area contributed by atoms with Crippen molar-refractivity contribution < 1.29 is 24.5 Å². The molecule has 7 heteroatoms. The number of amides is 2. The number of carbonyl (C=O) groups excluding carboxylic acids is 1. The molecular formula is C14H18N2O5. The zero-order chi connectivity index (χ0) is 15.6. The summed E-state index contributed by atoms with van der Waals surface area (Å²) in [5, 5.41) is 17.8. The van der Waals surface area contributed by atoms with Crippen molar-refractivity contribution in [2.24, 2.45) is 0 Å². The fourth-order valence-electron chi connectivity index (χ4n) is 2.22. The molecule has 0 unspecified atom stereocenters. The maximum atomic E-state index is 12.3. The number of phenols is 1. The van der Waals surface area contributed by atoms with E-state index in [-0.39, 0.29) is 18.4 Å². The van der Waals surface area contributed by atoms with Crippen molar-refractivity contribution in [3.63, 3.8) is 0 Å². The molecule has 1 heterocycles. The average molecular weight is 294 g/mol. The van der Waals surface area contributed by atoms with Crippen LogP contribution < -0.4 is 4.90 Å². The highest BCUT2D eigenvalue weighted by molar-refractivity contribution is 5.92. The third-order valence-electron chi connectivity index (χ3n) is 3.39. The minimum absolute atomic E-state index is 0.137. The third kappa shape index (κ3) is 3.43. The van der Waals surface area contributed by atoms with E-state index >= 15 is 0 Å². The first-order valence-electron chi connectivity index (χ1n) is 6.48. The molecule has 1 aromatic carbocycles. The van der Waals surface area contributed by atoms with Crippen LogP contribution in [0.4, 0.5) is 10.5 Å². The molecule has 0 radical (unpaired) electrons. The lowest BCUT2D eigenvalue weighted by Gasteiger charge is -2.48. The number of anilines is 1. The Labute approximate surface area is 122 Å². The van der Waals surface area contributed by atoms with E-state index in [1.165, 1.54) is 17.0 Å². The fraction of sp³-hybridized carbons (Fsp3) is 0.429. The zero-order valence-corrected chi connectivity index (χ0v) is 11.9. The lowest BCUT2D eigenvalue weighted by Crippen LogP contribution is -2.65. The van der Waals surface area contributed by atoms with Crippen LogP contribution >= 0.6 is 0 Å². The smallest absolute Gasteiger partial charge is 0.329 e. The van der Waals surface area contributed by atoms with Gasteiger partial charge in [0.15, 0.2) is 0 Å². The number of phenolic OH excluding ortho intramolecular Hbond substituents is 1. The van der Waals surface area contributed by atoms with Crippen molar-refractivity contribution >= 4 is 17.7 Å². The number of urea groups is 1. The molecule has 0 aliphatic carbocycles. The fourth-order valence-corrected chi connectivity index (χ4v) is 2.22. The van der Waals surface area contributed by atoms with Crippen LogP contribution in [0.2, 0.25) is 0 Å². The van der Waals surface area contributed by atoms with Crippen molar-refractivity contribution in [2.75, 3.05) is 31.6 Å². The first-order valence-corrected chi connectivity index (χ1v) is 6.48. The first-order chi connectivity index (χ1) is 9.81. The van der Waals surface area contributed by atoms with Gasteiger partial charge < -0.3 is 19.8 Å². The van der Waals surface area contributed by atoms with Crippen LogP contribution in [0.3, 0.4) is 0 Å². The van der Waals surface area contributed by atoms with Gasteiger partial charge in [-0.1, -0.05) is 0 Å². The van der Waals surface area contributed by atoms with E-state index in [2.05, 4.69) is 0 Å². The van der Waals surface area contributed by atoms with E-state index in [1.807, 2.05) is 0 Å². The van der Waals surface area contributed by atoms with E-state index in [0.29, 0.717) is 18.8 Å². The summed E-state index contributed by atoms with van der Waals surface area (Å²) >= 11 is 0. The van der Waals surface area contributed by atoms with Gasteiger partial charge in [0.05, 0.1) is 13.1 Å². The van der Waals surface area contributed by atoms with Gasteiger partial charge in [0.1, 0.15) is 18.0 Å². The molecule has 114 valence electrons. The Balaban J connectivity index is 1.91. The summed E-state index contributed by atoms with van der Waals surface area (Å²) in [6.07, 6.45) is 0. The summed E-state index contributed by atoms with van der Waals surface area (Å²) in [7, 11) is 1.64. The molecule has 0 atom stereocenters. The van der Waals surface area contributed by atoms with E-state index in [1.54, 1.807) is 31.0 Å². The third-order valence-corrected chi connectivity index (χ3v) is 3.39. The number of hydrogen-bond donors (Lipinski definition) is 2. The molecule has 1 saturated heterocycles. The van der Waals surface area contributed by atoms with Crippen molar-refractivity contribution in [3.05, 3.63) is 24.3 Å². The standard InChI is InChI=1S/C14H18N2O5/c1-14(21-7-12(18)19)8-16(9-14)13(20)15(2)10-3-5-11(17)6-4-10/h3-6,17H,7-9H2,1-2H3,(H,18,19). The number of ether oxygens (including phenoxy) is 1. The Bertz CT molecular complexity index is 537. The lowest BCUT2D eigenvalue weighted by molar-refractivity contribution is -0.159. The van der Waals surface area contributed by atoms with Gasteiger partial charge in [0.25, 0.3) is 0 Å². The van der Waals surface area contributed by atoms with Crippen LogP contribution in [0.1, 0.15) is 6.92 Å². The number of rotatable bonds is 4. The molecule has 7 nitrogen and oxygen atoms in total. The van der Waals surface area contributed by atoms with Crippen LogP contribution in [0.15, 0.2) is 24.3 Å². The maximum absolute atomic E-state index is 12.3. The Kier molecular flexibility index (Phi) is 4.04. The summed E-state index contributed by atoms with van der Waals surface area (Å²) < 4.78 is 5.26. The molecular weight excluding hydrogens is 276 g/mol. The molecule has 0 aromatic heterocycles. The number of aromatic hydroxyl groups is 1. The molecule has 2 amide bonds. The highest BCUT2D eigenvalue weighted by Crippen LogP contribution is 2.27. The van der Waals surface area contributed by atoms with Crippen molar-refractivity contribution in [1.29, 1.82) is 0 Å². The van der Waals surface area contributed by atoms with Gasteiger partial charge in [-0.3, -0.25) is 4.90 Å². The van der Waals surface area contributed by atoms with Crippen LogP contribution in [0.25, 0.3) is 0 Å². The van der Waals surface area contributed by atoms with E-state index in [9.17, 15) is 14.7 Å². The Hall–Kier alpha value is -2.28. The Morgan fingerprint density at radius 3 is 2.43 bits per heavy atom. The van der Waals surface area contributed by atoms with Gasteiger partial charge in [0, 0.05) is 12.7 Å². The molecule has 0 saturated carbocycles. The Morgan fingerprint density at radius 1 is 1.33 bits per heavy atom. The minimum atomic E-state index is -1.03. The topological polar surface area (TPSA) is 90.3 Å². The number of carboxylic acid groups (broad SMARTS) is 1.